The van der Waals surface area contributed by atoms with Crippen molar-refractivity contribution in [1.82, 2.24) is 15.2 Å². The van der Waals surface area contributed by atoms with Crippen molar-refractivity contribution in [1.29, 1.82) is 0 Å². The van der Waals surface area contributed by atoms with Gasteiger partial charge in [-0.1, -0.05) is 18.2 Å². The zero-order valence-corrected chi connectivity index (χ0v) is 19.8. The number of hydrogen-bond acceptors (Lipinski definition) is 6. The van der Waals surface area contributed by atoms with Crippen LogP contribution in [-0.4, -0.2) is 34.5 Å². The maximum Gasteiger partial charge on any atom is 0.343 e. The second-order valence-corrected chi connectivity index (χ2v) is 7.79. The summed E-state index contributed by atoms with van der Waals surface area (Å²) in [5.41, 5.74) is 5.62. The number of benzene rings is 2. The Morgan fingerprint density at radius 3 is 2.59 bits per heavy atom. The van der Waals surface area contributed by atoms with Crippen molar-refractivity contribution in [3.05, 3.63) is 75.5 Å². The number of methoxy groups -OCH3 is 1. The molecule has 0 unspecified atom stereocenters. The van der Waals surface area contributed by atoms with Crippen molar-refractivity contribution < 1.29 is 19.1 Å². The average Bonchev–Trinajstić information content (AvgIpc) is 3.04. The Hall–Kier alpha value is -3.46. The smallest absolute Gasteiger partial charge is 0.343 e. The molecule has 32 heavy (non-hydrogen) atoms. The number of esters is 1. The lowest BCUT2D eigenvalue weighted by atomic mass is 10.1. The van der Waals surface area contributed by atoms with Gasteiger partial charge < -0.3 is 9.47 Å². The number of hydrazone groups is 1. The molecule has 1 heterocycles. The van der Waals surface area contributed by atoms with E-state index in [1.54, 1.807) is 60.1 Å². The summed E-state index contributed by atoms with van der Waals surface area (Å²) < 4.78 is 13.2. The zero-order chi connectivity index (χ0) is 23.3. The van der Waals surface area contributed by atoms with Crippen molar-refractivity contribution >= 4 is 33.5 Å². The third kappa shape index (κ3) is 5.42. The molecular weight excluding hydrogens is 476 g/mol. The van der Waals surface area contributed by atoms with E-state index in [-0.39, 0.29) is 12.5 Å². The minimum Gasteiger partial charge on any atom is -0.497 e. The number of para-hydroxylation sites is 1. The van der Waals surface area contributed by atoms with Gasteiger partial charge in [0.05, 0.1) is 34.2 Å². The van der Waals surface area contributed by atoms with Crippen LogP contribution >= 0.6 is 15.9 Å². The van der Waals surface area contributed by atoms with Crippen LogP contribution in [0.3, 0.4) is 0 Å². The summed E-state index contributed by atoms with van der Waals surface area (Å²) in [5.74, 6) is 0.0396. The normalized spacial score (nSPS) is 11.2. The van der Waals surface area contributed by atoms with Gasteiger partial charge in [0, 0.05) is 5.56 Å². The second-order valence-electron chi connectivity index (χ2n) is 6.99. The number of carbonyl (C=O) groups excluding carboxylic acids is 2. The van der Waals surface area contributed by atoms with Gasteiger partial charge in [0.25, 0.3) is 5.91 Å². The van der Waals surface area contributed by atoms with Crippen molar-refractivity contribution in [2.24, 2.45) is 5.10 Å². The lowest BCUT2D eigenvalue weighted by molar-refractivity contribution is -0.121. The summed E-state index contributed by atoms with van der Waals surface area (Å²) >= 11 is 3.44. The molecule has 8 nitrogen and oxygen atoms in total. The third-order valence-electron chi connectivity index (χ3n) is 4.72. The molecule has 1 amide bonds. The van der Waals surface area contributed by atoms with Crippen LogP contribution < -0.4 is 14.9 Å². The van der Waals surface area contributed by atoms with Crippen molar-refractivity contribution in [3.63, 3.8) is 0 Å². The monoisotopic (exact) mass is 498 g/mol. The lowest BCUT2D eigenvalue weighted by Gasteiger charge is -2.11. The fourth-order valence-corrected chi connectivity index (χ4v) is 3.25. The fraction of sp³-hybridized carbons (Fsp3) is 0.217. The summed E-state index contributed by atoms with van der Waals surface area (Å²) in [6.45, 7) is 5.48. The topological polar surface area (TPSA) is 94.8 Å². The Morgan fingerprint density at radius 2 is 1.91 bits per heavy atom. The van der Waals surface area contributed by atoms with Gasteiger partial charge in [-0.05, 0) is 67.0 Å². The molecule has 0 spiro atoms. The van der Waals surface area contributed by atoms with Crippen LogP contribution in [-0.2, 0) is 11.3 Å². The number of hydrogen-bond donors (Lipinski definition) is 1. The Balaban J connectivity index is 1.72. The highest BCUT2D eigenvalue weighted by Crippen LogP contribution is 2.22. The summed E-state index contributed by atoms with van der Waals surface area (Å²) in [5, 5.41) is 8.49. The largest absolute Gasteiger partial charge is 0.497 e. The molecule has 9 heteroatoms. The first-order chi connectivity index (χ1) is 15.3. The van der Waals surface area contributed by atoms with Crippen molar-refractivity contribution in [3.8, 4) is 11.5 Å². The summed E-state index contributed by atoms with van der Waals surface area (Å²) in [6, 6.07) is 13.7. The minimum atomic E-state index is -0.525. The standard InChI is InChI=1S/C23H23BrN4O4/c1-14(25-26-21(29)13-28-16(3)22(24)15(2)27-28)19-10-5-6-11-20(19)32-23(30)17-8-7-9-18(12-17)31-4/h5-12H,13H2,1-4H3,(H,26,29)/b25-14+. The molecule has 0 saturated carbocycles. The molecule has 0 fully saturated rings. The van der Waals surface area contributed by atoms with Crippen LogP contribution in [0.5, 0.6) is 11.5 Å². The SMILES string of the molecule is COc1cccc(C(=O)Oc2ccccc2/C(C)=N/NC(=O)Cn2nc(C)c(Br)c2C)c1. The van der Waals surface area contributed by atoms with E-state index in [1.807, 2.05) is 13.8 Å². The van der Waals surface area contributed by atoms with E-state index in [4.69, 9.17) is 9.47 Å². The summed E-state index contributed by atoms with van der Waals surface area (Å²) in [6.07, 6.45) is 0. The number of ether oxygens (including phenoxy) is 2. The molecule has 0 aliphatic rings. The van der Waals surface area contributed by atoms with E-state index < -0.39 is 5.97 Å². The van der Waals surface area contributed by atoms with Gasteiger partial charge >= 0.3 is 5.97 Å². The maximum atomic E-state index is 12.6. The Bertz CT molecular complexity index is 1190. The molecule has 0 aliphatic heterocycles. The maximum absolute atomic E-state index is 12.6. The first-order valence-electron chi connectivity index (χ1n) is 9.78. The highest BCUT2D eigenvalue weighted by Gasteiger charge is 2.15. The van der Waals surface area contributed by atoms with Crippen LogP contribution in [0.4, 0.5) is 0 Å². The highest BCUT2D eigenvalue weighted by atomic mass is 79.9. The number of nitrogens with zero attached hydrogens (tertiary/aromatic N) is 3. The number of aryl methyl sites for hydroxylation is 1. The molecule has 166 valence electrons. The van der Waals surface area contributed by atoms with E-state index in [2.05, 4.69) is 31.6 Å². The molecule has 1 N–H and O–H groups in total. The number of aromatic nitrogens is 2. The number of halogens is 1. The Morgan fingerprint density at radius 1 is 1.16 bits per heavy atom. The molecule has 0 aliphatic carbocycles. The molecule has 1 aromatic heterocycles. The number of nitrogens with one attached hydrogen (secondary N) is 1. The van der Waals surface area contributed by atoms with Gasteiger partial charge in [0.15, 0.2) is 0 Å². The van der Waals surface area contributed by atoms with Gasteiger partial charge in [-0.3, -0.25) is 9.48 Å². The predicted octanol–water partition coefficient (Wildman–Crippen LogP) is 4.03. The van der Waals surface area contributed by atoms with Gasteiger partial charge in [-0.15, -0.1) is 0 Å². The van der Waals surface area contributed by atoms with Gasteiger partial charge in [0.2, 0.25) is 0 Å². The molecule has 0 atom stereocenters. The molecule has 3 rings (SSSR count). The van der Waals surface area contributed by atoms with Gasteiger partial charge in [0.1, 0.15) is 18.0 Å². The summed E-state index contributed by atoms with van der Waals surface area (Å²) in [7, 11) is 1.53. The highest BCUT2D eigenvalue weighted by molar-refractivity contribution is 9.10. The number of carbonyl (C=O) groups is 2. The predicted molar refractivity (Wildman–Crippen MR) is 124 cm³/mol. The van der Waals surface area contributed by atoms with Gasteiger partial charge in [-0.2, -0.15) is 10.2 Å². The minimum absolute atomic E-state index is 0.0293. The quantitative estimate of drug-likeness (QED) is 0.229. The number of rotatable bonds is 7. The van der Waals surface area contributed by atoms with Crippen LogP contribution in [0.1, 0.15) is 34.2 Å². The second kappa shape index (κ2) is 10.2. The Kier molecular flexibility index (Phi) is 7.42. The van der Waals surface area contributed by atoms with Crippen LogP contribution in [0, 0.1) is 13.8 Å². The summed E-state index contributed by atoms with van der Waals surface area (Å²) in [4.78, 5) is 24.9. The van der Waals surface area contributed by atoms with Gasteiger partial charge in [-0.25, -0.2) is 10.2 Å². The zero-order valence-electron chi connectivity index (χ0n) is 18.2. The lowest BCUT2D eigenvalue weighted by Crippen LogP contribution is -2.25. The van der Waals surface area contributed by atoms with E-state index in [0.29, 0.717) is 28.3 Å². The van der Waals surface area contributed by atoms with E-state index >= 15 is 0 Å². The van der Waals surface area contributed by atoms with E-state index in [9.17, 15) is 9.59 Å². The molecular formula is C23H23BrN4O4. The Labute approximate surface area is 194 Å². The average molecular weight is 499 g/mol. The molecule has 3 aromatic rings. The van der Waals surface area contributed by atoms with Crippen molar-refractivity contribution in [2.75, 3.05) is 7.11 Å². The molecule has 0 radical (unpaired) electrons. The van der Waals surface area contributed by atoms with E-state index in [1.165, 1.54) is 7.11 Å². The molecule has 0 bridgehead atoms. The molecule has 2 aromatic carbocycles. The van der Waals surface area contributed by atoms with Crippen LogP contribution in [0.25, 0.3) is 0 Å². The van der Waals surface area contributed by atoms with Crippen LogP contribution in [0.15, 0.2) is 58.1 Å². The number of amides is 1. The van der Waals surface area contributed by atoms with E-state index in [0.717, 1.165) is 15.9 Å². The first-order valence-corrected chi connectivity index (χ1v) is 10.6. The molecule has 0 saturated heterocycles. The third-order valence-corrected chi connectivity index (χ3v) is 5.87. The first kappa shape index (κ1) is 23.2. The van der Waals surface area contributed by atoms with Crippen molar-refractivity contribution in [2.45, 2.75) is 27.3 Å². The fourth-order valence-electron chi connectivity index (χ4n) is 2.97. The van der Waals surface area contributed by atoms with Crippen LogP contribution in [0.2, 0.25) is 0 Å².